The number of amides is 1. The van der Waals surface area contributed by atoms with Crippen LogP contribution >= 0.6 is 0 Å². The van der Waals surface area contributed by atoms with Crippen LogP contribution in [0.1, 0.15) is 63.9 Å². The van der Waals surface area contributed by atoms with Gasteiger partial charge in [-0.05, 0) is 50.2 Å². The molecule has 5 nitrogen and oxygen atoms in total. The number of piperidine rings is 1. The minimum absolute atomic E-state index is 0.0382. The Morgan fingerprint density at radius 1 is 1.13 bits per heavy atom. The summed E-state index contributed by atoms with van der Waals surface area (Å²) in [6.07, 6.45) is 2.45. The second-order valence-corrected chi connectivity index (χ2v) is 10.5. The quantitative estimate of drug-likeness (QED) is 0.648. The highest BCUT2D eigenvalue weighted by Crippen LogP contribution is 2.36. The predicted octanol–water partition coefficient (Wildman–Crippen LogP) is 4.58. The highest BCUT2D eigenvalue weighted by molar-refractivity contribution is 7.89. The van der Waals surface area contributed by atoms with E-state index in [-0.39, 0.29) is 31.0 Å². The lowest BCUT2D eigenvalue weighted by Gasteiger charge is -2.32. The van der Waals surface area contributed by atoms with E-state index in [1.807, 2.05) is 0 Å². The van der Waals surface area contributed by atoms with Crippen molar-refractivity contribution in [1.82, 2.24) is 9.62 Å². The van der Waals surface area contributed by atoms with E-state index < -0.39 is 26.7 Å². The fraction of sp³-hybridized carbons (Fsp3) is 0.682. The van der Waals surface area contributed by atoms with Crippen molar-refractivity contribution < 1.29 is 26.4 Å². The molecule has 1 aromatic rings. The third kappa shape index (κ3) is 5.61. The average Bonchev–Trinajstić information content (AvgIpc) is 3.18. The fourth-order valence-electron chi connectivity index (χ4n) is 4.76. The molecule has 31 heavy (non-hydrogen) atoms. The first-order chi connectivity index (χ1) is 14.6. The molecule has 3 rings (SSSR count). The van der Waals surface area contributed by atoms with Gasteiger partial charge in [-0.1, -0.05) is 38.3 Å². The molecule has 174 valence electrons. The molecule has 0 bridgehead atoms. The Bertz CT molecular complexity index is 865. The van der Waals surface area contributed by atoms with Gasteiger partial charge in [0.05, 0.1) is 10.5 Å². The summed E-state index contributed by atoms with van der Waals surface area (Å²) in [5.41, 5.74) is -1.16. The van der Waals surface area contributed by atoms with Crippen molar-refractivity contribution in [2.45, 2.75) is 75.4 Å². The lowest BCUT2D eigenvalue weighted by molar-refractivity contribution is -0.139. The monoisotopic (exact) mass is 460 g/mol. The van der Waals surface area contributed by atoms with Gasteiger partial charge in [0.1, 0.15) is 0 Å². The van der Waals surface area contributed by atoms with Gasteiger partial charge in [-0.3, -0.25) is 4.79 Å². The fourth-order valence-corrected chi connectivity index (χ4v) is 6.44. The number of carbonyl (C=O) groups excluding carboxylic acids is 1. The second kappa shape index (κ2) is 9.90. The van der Waals surface area contributed by atoms with Crippen LogP contribution in [0.5, 0.6) is 0 Å². The van der Waals surface area contributed by atoms with Gasteiger partial charge < -0.3 is 5.32 Å². The van der Waals surface area contributed by atoms with Gasteiger partial charge in [0, 0.05) is 25.0 Å². The van der Waals surface area contributed by atoms with E-state index >= 15 is 0 Å². The van der Waals surface area contributed by atoms with Crippen LogP contribution in [0.25, 0.3) is 0 Å². The maximum atomic E-state index is 13.3. The van der Waals surface area contributed by atoms with Gasteiger partial charge in [0.2, 0.25) is 15.9 Å². The summed E-state index contributed by atoms with van der Waals surface area (Å²) in [6.45, 7) is 2.23. The summed E-state index contributed by atoms with van der Waals surface area (Å²) >= 11 is 0. The third-order valence-corrected chi connectivity index (χ3v) is 8.51. The number of hydrogen-bond acceptors (Lipinski definition) is 3. The van der Waals surface area contributed by atoms with Crippen LogP contribution in [0.15, 0.2) is 29.2 Å². The van der Waals surface area contributed by atoms with Gasteiger partial charge in [0.15, 0.2) is 0 Å². The van der Waals surface area contributed by atoms with Gasteiger partial charge in [-0.25, -0.2) is 8.42 Å². The lowest BCUT2D eigenvalue weighted by atomic mass is 9.94. The van der Waals surface area contributed by atoms with Crippen molar-refractivity contribution in [2.24, 2.45) is 11.8 Å². The Kier molecular flexibility index (Phi) is 7.68. The Morgan fingerprint density at radius 2 is 1.81 bits per heavy atom. The van der Waals surface area contributed by atoms with E-state index in [4.69, 9.17) is 0 Å². The maximum Gasteiger partial charge on any atom is 0.417 e. The van der Waals surface area contributed by atoms with Crippen LogP contribution in [0, 0.1) is 11.8 Å². The smallest absolute Gasteiger partial charge is 0.353 e. The number of nitrogens with zero attached hydrogens (tertiary/aromatic N) is 1. The summed E-state index contributed by atoms with van der Waals surface area (Å²) < 4.78 is 66.7. The van der Waals surface area contributed by atoms with Crippen LogP contribution in [0.2, 0.25) is 0 Å². The normalized spacial score (nSPS) is 23.7. The van der Waals surface area contributed by atoms with Gasteiger partial charge in [-0.15, -0.1) is 0 Å². The first-order valence-electron chi connectivity index (χ1n) is 11.1. The molecule has 1 aliphatic carbocycles. The minimum Gasteiger partial charge on any atom is -0.353 e. The Labute approximate surface area is 182 Å². The van der Waals surface area contributed by atoms with E-state index in [0.717, 1.165) is 55.0 Å². The van der Waals surface area contributed by atoms with Crippen LogP contribution in [0.3, 0.4) is 0 Å². The number of alkyl halides is 3. The number of benzene rings is 1. The number of nitrogens with one attached hydrogen (secondary N) is 1. The zero-order chi connectivity index (χ0) is 22.6. The van der Waals surface area contributed by atoms with Crippen LogP contribution < -0.4 is 5.32 Å². The first-order valence-corrected chi connectivity index (χ1v) is 12.6. The average molecular weight is 461 g/mol. The molecule has 1 aliphatic heterocycles. The predicted molar refractivity (Wildman–Crippen MR) is 112 cm³/mol. The second-order valence-electron chi connectivity index (χ2n) is 8.62. The van der Waals surface area contributed by atoms with E-state index in [0.29, 0.717) is 18.8 Å². The number of sulfonamides is 1. The molecular formula is C22H31F3N2O3S. The van der Waals surface area contributed by atoms with Crippen molar-refractivity contribution in [3.63, 3.8) is 0 Å². The molecule has 1 aromatic carbocycles. The number of halogens is 3. The molecule has 2 aliphatic rings. The molecule has 0 spiro atoms. The number of unbranched alkanes of at least 4 members (excludes halogenated alkanes) is 1. The van der Waals surface area contributed by atoms with Crippen molar-refractivity contribution in [3.05, 3.63) is 29.8 Å². The summed E-state index contributed by atoms with van der Waals surface area (Å²) in [6, 6.07) is 4.42. The van der Waals surface area contributed by atoms with Crippen LogP contribution in [-0.2, 0) is 21.0 Å². The number of carbonyl (C=O) groups is 1. The molecule has 1 amide bonds. The summed E-state index contributed by atoms with van der Waals surface area (Å²) in [5, 5.41) is 3.17. The minimum atomic E-state index is -4.75. The van der Waals surface area contributed by atoms with Gasteiger partial charge in [-0.2, -0.15) is 17.5 Å². The zero-order valence-corrected chi connectivity index (χ0v) is 18.6. The molecule has 2 fully saturated rings. The summed E-state index contributed by atoms with van der Waals surface area (Å²) in [7, 11) is -4.28. The molecule has 1 heterocycles. The van der Waals surface area contributed by atoms with Crippen molar-refractivity contribution in [3.8, 4) is 0 Å². The largest absolute Gasteiger partial charge is 0.417 e. The number of hydrogen-bond donors (Lipinski definition) is 1. The maximum absolute atomic E-state index is 13.3. The molecule has 1 saturated heterocycles. The first kappa shape index (κ1) is 24.0. The van der Waals surface area contributed by atoms with Crippen molar-refractivity contribution in [2.75, 3.05) is 13.1 Å². The number of rotatable bonds is 7. The van der Waals surface area contributed by atoms with E-state index in [2.05, 4.69) is 12.2 Å². The molecule has 9 heteroatoms. The van der Waals surface area contributed by atoms with E-state index in [1.54, 1.807) is 0 Å². The zero-order valence-electron chi connectivity index (χ0n) is 17.8. The highest BCUT2D eigenvalue weighted by Gasteiger charge is 2.40. The van der Waals surface area contributed by atoms with Gasteiger partial charge in [0.25, 0.3) is 0 Å². The summed E-state index contributed by atoms with van der Waals surface area (Å²) in [4.78, 5) is 12.0. The molecule has 1 N–H and O–H groups in total. The molecule has 1 saturated carbocycles. The molecular weight excluding hydrogens is 429 g/mol. The van der Waals surface area contributed by atoms with Crippen molar-refractivity contribution >= 4 is 15.9 Å². The molecule has 2 unspecified atom stereocenters. The SMILES string of the molecule is CCCCC1CCCC1NC(=O)C1CCN(S(=O)(=O)c2ccccc2C(F)(F)F)CC1. The Morgan fingerprint density at radius 3 is 2.45 bits per heavy atom. The molecule has 2 atom stereocenters. The van der Waals surface area contributed by atoms with E-state index in [1.165, 1.54) is 12.1 Å². The van der Waals surface area contributed by atoms with E-state index in [9.17, 15) is 26.4 Å². The molecule has 0 aromatic heterocycles. The highest BCUT2D eigenvalue weighted by atomic mass is 32.2. The third-order valence-electron chi connectivity index (χ3n) is 6.55. The Balaban J connectivity index is 1.61. The van der Waals surface area contributed by atoms with Crippen LogP contribution in [-0.4, -0.2) is 37.8 Å². The Hall–Kier alpha value is -1.61. The van der Waals surface area contributed by atoms with Crippen molar-refractivity contribution in [1.29, 1.82) is 0 Å². The lowest BCUT2D eigenvalue weighted by Crippen LogP contribution is -2.46. The standard InChI is InChI=1S/C22H31F3N2O3S/c1-2-3-7-16-8-6-10-19(16)26-21(28)17-12-14-27(15-13-17)31(29,30)20-11-5-4-9-18(20)22(23,24)25/h4-5,9,11,16-17,19H,2-3,6-8,10,12-15H2,1H3,(H,26,28). The van der Waals surface area contributed by atoms with Gasteiger partial charge >= 0.3 is 6.18 Å². The molecule has 0 radical (unpaired) electrons. The topological polar surface area (TPSA) is 66.5 Å². The van der Waals surface area contributed by atoms with Crippen LogP contribution in [0.4, 0.5) is 13.2 Å². The summed E-state index contributed by atoms with van der Waals surface area (Å²) in [5.74, 6) is 0.140.